The van der Waals surface area contributed by atoms with Crippen molar-refractivity contribution in [1.29, 1.82) is 0 Å². The van der Waals surface area contributed by atoms with Gasteiger partial charge in [0.2, 0.25) is 0 Å². The van der Waals surface area contributed by atoms with Gasteiger partial charge in [0.15, 0.2) is 0 Å². The molecular weight excluding hydrogens is 1300 g/mol. The predicted octanol–water partition coefficient (Wildman–Crippen LogP) is 25.3. The first-order chi connectivity index (χ1) is 44.8. The molecule has 0 saturated heterocycles. The molecule has 0 aliphatic heterocycles. The van der Waals surface area contributed by atoms with Crippen molar-refractivity contribution in [3.05, 3.63) is 217 Å². The largest absolute Gasteiger partial charge is 2.00 e. The topological polar surface area (TPSA) is 0 Å². The molecule has 16 unspecified atom stereocenters. The summed E-state index contributed by atoms with van der Waals surface area (Å²) in [5.41, 5.74) is 36.4. The molecule has 0 heterocycles. The van der Waals surface area contributed by atoms with Crippen LogP contribution in [0.15, 0.2) is 143 Å². The summed E-state index contributed by atoms with van der Waals surface area (Å²) >= 11 is 0. The van der Waals surface area contributed by atoms with E-state index in [1.54, 1.807) is 44.6 Å². The summed E-state index contributed by atoms with van der Waals surface area (Å²) in [6.07, 6.45) is 24.0. The third-order valence-corrected chi connectivity index (χ3v) is 35.9. The number of hydrogen-bond donors (Lipinski definition) is 0. The van der Waals surface area contributed by atoms with Crippen molar-refractivity contribution in [3.63, 3.8) is 0 Å². The van der Waals surface area contributed by atoms with Gasteiger partial charge in [-0.1, -0.05) is 301 Å². The van der Waals surface area contributed by atoms with Crippen molar-refractivity contribution in [2.45, 2.75) is 267 Å². The van der Waals surface area contributed by atoms with Gasteiger partial charge in [-0.05, 0) is 280 Å². The summed E-state index contributed by atoms with van der Waals surface area (Å²) in [5.74, 6) is 8.19. The second-order valence-corrected chi connectivity index (χ2v) is 47.0. The molecule has 12 rings (SSSR count). The van der Waals surface area contributed by atoms with Crippen LogP contribution in [0.3, 0.4) is 0 Å². The van der Waals surface area contributed by atoms with Crippen molar-refractivity contribution in [1.82, 2.24) is 0 Å². The standard InChI is InChI=1S/2C44H60Si.2C3H8.CH3.BrH.Mg/c2*1-25-14-26(2)17-33(16-25)35-20-29(5)21-38-36(35)22-30(6)42(38)45(12,13)43-31(7)23-37-39(43)24-40(44(9,10)11)32(8)41(37)34-18-27(3)15-28(4)19-34;2*1-3-2;;;/h2*14-21,24,30-31,36-39,42-43H,22-23H2,1-13H3;2*3H2,1-2H3;1H3;1H;/q;;;;-1;;+2/p-1. The molecule has 0 aromatic heterocycles. The third kappa shape index (κ3) is 17.2. The van der Waals surface area contributed by atoms with Crippen LogP contribution in [-0.4, -0.2) is 39.2 Å². The number of fused-ring (bicyclic) bond motifs is 4. The average molecular weight is 1440 g/mol. The Balaban J connectivity index is 0.000000281. The number of allylic oxidation sites excluding steroid dienone is 16. The smallest absolute Gasteiger partial charge is 1.00 e. The van der Waals surface area contributed by atoms with Crippen molar-refractivity contribution < 1.29 is 17.0 Å². The summed E-state index contributed by atoms with van der Waals surface area (Å²) in [6, 6.07) is 29.1. The van der Waals surface area contributed by atoms with Crippen LogP contribution >= 0.6 is 0 Å². The predicted molar refractivity (Wildman–Crippen MR) is 445 cm³/mol. The summed E-state index contributed by atoms with van der Waals surface area (Å²) in [7, 11) is -3.53. The molecule has 4 aromatic carbocycles. The Bertz CT molecular complexity index is 3480. The number of halogens is 1. The summed E-state index contributed by atoms with van der Waals surface area (Å²) in [5, 5.41) is 0. The maximum absolute atomic E-state index is 2.83. The van der Waals surface area contributed by atoms with E-state index < -0.39 is 16.1 Å². The third-order valence-electron chi connectivity index (χ3n) is 25.3. The van der Waals surface area contributed by atoms with Crippen molar-refractivity contribution in [2.24, 2.45) is 81.8 Å². The Morgan fingerprint density at radius 3 is 0.788 bits per heavy atom. The minimum atomic E-state index is -1.76. The molecule has 0 radical (unpaired) electrons. The fourth-order valence-electron chi connectivity index (χ4n) is 23.4. The van der Waals surface area contributed by atoms with E-state index in [1.807, 2.05) is 0 Å². The van der Waals surface area contributed by atoms with E-state index in [1.165, 1.54) is 116 Å². The Kier molecular flexibility index (Phi) is 28.0. The van der Waals surface area contributed by atoms with Gasteiger partial charge in [0.05, 0.1) is 16.1 Å². The van der Waals surface area contributed by atoms with Gasteiger partial charge >= 0.3 is 23.1 Å². The Labute approximate surface area is 639 Å². The molecule has 0 bridgehead atoms. The van der Waals surface area contributed by atoms with E-state index in [-0.39, 0.29) is 58.3 Å². The van der Waals surface area contributed by atoms with E-state index >= 15 is 0 Å². The minimum Gasteiger partial charge on any atom is -1.00 e. The van der Waals surface area contributed by atoms with Crippen LogP contribution in [0, 0.1) is 145 Å². The van der Waals surface area contributed by atoms with Crippen LogP contribution in [0.25, 0.3) is 22.3 Å². The zero-order chi connectivity index (χ0) is 70.9. The first-order valence-corrected chi connectivity index (χ1v) is 45.1. The van der Waals surface area contributed by atoms with E-state index in [9.17, 15) is 0 Å². The summed E-state index contributed by atoms with van der Waals surface area (Å²) < 4.78 is 0. The van der Waals surface area contributed by atoms with Crippen LogP contribution in [0.4, 0.5) is 0 Å². The molecule has 0 nitrogen and oxygen atoms in total. The Hall–Kier alpha value is -3.52. The molecule has 4 aromatic rings. The van der Waals surface area contributed by atoms with Crippen molar-refractivity contribution >= 4 is 61.5 Å². The van der Waals surface area contributed by atoms with Gasteiger partial charge in [-0.3, -0.25) is 0 Å². The average Bonchev–Trinajstić information content (AvgIpc) is 1.59. The molecule has 4 fully saturated rings. The first kappa shape index (κ1) is 84.4. The molecule has 8 aliphatic rings. The second-order valence-electron chi connectivity index (χ2n) is 37.0. The van der Waals surface area contributed by atoms with E-state index in [0.29, 0.717) is 47.3 Å². The van der Waals surface area contributed by atoms with Gasteiger partial charge in [0, 0.05) is 0 Å². The molecule has 0 N–H and O–H groups in total. The minimum absolute atomic E-state index is 0. The Morgan fingerprint density at radius 1 is 0.343 bits per heavy atom. The van der Waals surface area contributed by atoms with Gasteiger partial charge < -0.3 is 24.4 Å². The zero-order valence-corrected chi connectivity index (χ0v) is 74.0. The zero-order valence-electron chi connectivity index (χ0n) is 69.0. The number of benzene rings is 4. The number of aryl methyl sites for hydroxylation is 8. The van der Waals surface area contributed by atoms with Crippen LogP contribution in [0.2, 0.25) is 48.4 Å². The van der Waals surface area contributed by atoms with Gasteiger partial charge in [-0.2, -0.15) is 0 Å². The van der Waals surface area contributed by atoms with Gasteiger partial charge in [0.25, 0.3) is 0 Å². The quantitative estimate of drug-likeness (QED) is 0.122. The SMILES string of the molecule is CC1=CC2C(CC(C)C2[Si](C)(C)C2C(C)CC3C(c4cc(C)cc(C)c4)=C(C)C(C(C)(C)C)=CC32)C(c2cc(C)cc(C)c2)=C1.CC1=CC2C(CC(C)C2[Si](C)(C)C2C(C)CC3C(c4cc(C)cc(C)c4)=C(C)C(C(C)(C)C)=CC32)C(c2cc(C)cc(C)c2)=C1.CCC.CCC.[Br-].[CH3-].[Mg+2]. The summed E-state index contributed by atoms with van der Waals surface area (Å²) in [6.45, 7) is 72.8. The van der Waals surface area contributed by atoms with Crippen molar-refractivity contribution in [2.75, 3.05) is 0 Å². The number of rotatable bonds is 8. The fraction of sp³-hybridized carbons (Fsp3) is 0.568. The second kappa shape index (κ2) is 32.9. The number of hydrogen-bond acceptors (Lipinski definition) is 0. The molecule has 16 atom stereocenters. The molecule has 0 spiro atoms. The van der Waals surface area contributed by atoms with E-state index in [4.69, 9.17) is 0 Å². The van der Waals surface area contributed by atoms with Gasteiger partial charge in [0.1, 0.15) is 0 Å². The molecular formula is C95H139BrMgSi2. The van der Waals surface area contributed by atoms with Gasteiger partial charge in [-0.15, -0.1) is 0 Å². The summed E-state index contributed by atoms with van der Waals surface area (Å²) in [4.78, 5) is 0. The van der Waals surface area contributed by atoms with E-state index in [0.717, 1.165) is 45.8 Å². The fourth-order valence-corrected chi connectivity index (χ4v) is 36.0. The molecule has 4 saturated carbocycles. The molecule has 8 aliphatic carbocycles. The molecule has 536 valence electrons. The maximum Gasteiger partial charge on any atom is 2.00 e. The van der Waals surface area contributed by atoms with Crippen LogP contribution in [0.1, 0.15) is 230 Å². The van der Waals surface area contributed by atoms with Gasteiger partial charge in [-0.25, -0.2) is 0 Å². The molecule has 4 heteroatoms. The Morgan fingerprint density at radius 2 is 0.556 bits per heavy atom. The van der Waals surface area contributed by atoms with Crippen molar-refractivity contribution in [3.8, 4) is 0 Å². The molecule has 0 amide bonds. The monoisotopic (exact) mass is 1440 g/mol. The first-order valence-electron chi connectivity index (χ1n) is 38.8. The molecule has 99 heavy (non-hydrogen) atoms. The van der Waals surface area contributed by atoms with Crippen LogP contribution in [0.5, 0.6) is 0 Å². The van der Waals surface area contributed by atoms with Crippen LogP contribution < -0.4 is 17.0 Å². The normalized spacial score (nSPS) is 29.3. The van der Waals surface area contributed by atoms with Crippen LogP contribution in [-0.2, 0) is 0 Å². The maximum atomic E-state index is 2.83. The van der Waals surface area contributed by atoms with E-state index in [2.05, 4.69) is 315 Å².